The van der Waals surface area contributed by atoms with Gasteiger partial charge in [-0.15, -0.1) is 6.42 Å². The maximum Gasteiger partial charge on any atom is 0.330 e. The molecule has 0 radical (unpaired) electrons. The summed E-state index contributed by atoms with van der Waals surface area (Å²) in [6, 6.07) is 7.32. The minimum Gasteiger partial charge on any atom is -0.466 e. The summed E-state index contributed by atoms with van der Waals surface area (Å²) in [5, 5.41) is 0. The fourth-order valence-corrected chi connectivity index (χ4v) is 0.923. The van der Waals surface area contributed by atoms with Gasteiger partial charge in [0.25, 0.3) is 0 Å². The van der Waals surface area contributed by atoms with Crippen LogP contribution in [0, 0.1) is 12.3 Å². The van der Waals surface area contributed by atoms with Gasteiger partial charge in [0, 0.05) is 11.6 Å². The van der Waals surface area contributed by atoms with Gasteiger partial charge < -0.3 is 4.74 Å². The quantitative estimate of drug-likeness (QED) is 0.400. The molecule has 0 heterocycles. The summed E-state index contributed by atoms with van der Waals surface area (Å²) in [5.74, 6) is 2.15. The number of methoxy groups -OCH3 is 1. The van der Waals surface area contributed by atoms with E-state index in [2.05, 4.69) is 10.7 Å². The summed E-state index contributed by atoms with van der Waals surface area (Å²) in [4.78, 5) is 10.8. The molecule has 0 atom stereocenters. The van der Waals surface area contributed by atoms with E-state index in [1.165, 1.54) is 13.2 Å². The summed E-state index contributed by atoms with van der Waals surface area (Å²) in [6.07, 6.45) is 8.24. The summed E-state index contributed by atoms with van der Waals surface area (Å²) in [6.45, 7) is 0. The monoisotopic (exact) mass is 186 g/mol. The van der Waals surface area contributed by atoms with Crippen molar-refractivity contribution in [3.63, 3.8) is 0 Å². The molecule has 0 saturated carbocycles. The molecular weight excluding hydrogens is 176 g/mol. The highest BCUT2D eigenvalue weighted by Gasteiger charge is 1.91. The van der Waals surface area contributed by atoms with Crippen molar-refractivity contribution < 1.29 is 9.53 Å². The second-order valence-electron chi connectivity index (χ2n) is 2.62. The van der Waals surface area contributed by atoms with Crippen molar-refractivity contribution in [1.82, 2.24) is 0 Å². The molecule has 0 aliphatic rings. The Kier molecular flexibility index (Phi) is 3.51. The van der Waals surface area contributed by atoms with Crippen LogP contribution in [0.5, 0.6) is 0 Å². The molecule has 0 aliphatic heterocycles. The molecule has 0 bridgehead atoms. The SMILES string of the molecule is C#Cc1ccc(/C=C/C(=O)OC)cc1. The number of terminal acetylenes is 1. The highest BCUT2D eigenvalue weighted by molar-refractivity contribution is 5.86. The third kappa shape index (κ3) is 2.80. The standard InChI is InChI=1S/C12H10O2/c1-3-10-4-6-11(7-5-10)8-9-12(13)14-2/h1,4-9H,2H3/b9-8+. The molecular formula is C12H10O2. The average molecular weight is 186 g/mol. The number of hydrogen-bond donors (Lipinski definition) is 0. The van der Waals surface area contributed by atoms with E-state index < -0.39 is 0 Å². The number of hydrogen-bond acceptors (Lipinski definition) is 2. The topological polar surface area (TPSA) is 26.3 Å². The molecule has 0 amide bonds. The molecule has 0 saturated heterocycles. The minimum absolute atomic E-state index is 0.369. The van der Waals surface area contributed by atoms with Crippen LogP contribution in [0.4, 0.5) is 0 Å². The van der Waals surface area contributed by atoms with E-state index in [1.54, 1.807) is 6.08 Å². The fourth-order valence-electron chi connectivity index (χ4n) is 0.923. The van der Waals surface area contributed by atoms with Crippen molar-refractivity contribution >= 4 is 12.0 Å². The first-order chi connectivity index (χ1) is 6.76. The Hall–Kier alpha value is -2.01. The Morgan fingerprint density at radius 3 is 2.57 bits per heavy atom. The number of rotatable bonds is 2. The van der Waals surface area contributed by atoms with Crippen molar-refractivity contribution in [2.75, 3.05) is 7.11 Å². The lowest BCUT2D eigenvalue weighted by Crippen LogP contribution is -1.93. The maximum absolute atomic E-state index is 10.8. The Labute approximate surface area is 83.2 Å². The van der Waals surface area contributed by atoms with Crippen LogP contribution in [0.1, 0.15) is 11.1 Å². The van der Waals surface area contributed by atoms with E-state index in [0.717, 1.165) is 11.1 Å². The zero-order valence-corrected chi connectivity index (χ0v) is 7.86. The molecule has 0 N–H and O–H groups in total. The number of benzene rings is 1. The van der Waals surface area contributed by atoms with Crippen molar-refractivity contribution in [3.05, 3.63) is 41.5 Å². The first-order valence-electron chi connectivity index (χ1n) is 4.09. The van der Waals surface area contributed by atoms with Gasteiger partial charge >= 0.3 is 5.97 Å². The second-order valence-corrected chi connectivity index (χ2v) is 2.62. The number of carbonyl (C=O) groups excluding carboxylic acids is 1. The summed E-state index contributed by atoms with van der Waals surface area (Å²) >= 11 is 0. The number of esters is 1. The predicted molar refractivity (Wildman–Crippen MR) is 55.4 cm³/mol. The van der Waals surface area contributed by atoms with Gasteiger partial charge in [-0.3, -0.25) is 0 Å². The highest BCUT2D eigenvalue weighted by atomic mass is 16.5. The predicted octanol–water partition coefficient (Wildman–Crippen LogP) is 1.85. The third-order valence-electron chi connectivity index (χ3n) is 1.69. The van der Waals surface area contributed by atoms with Gasteiger partial charge in [-0.05, 0) is 23.8 Å². The molecule has 2 heteroatoms. The molecule has 0 unspecified atom stereocenters. The van der Waals surface area contributed by atoms with E-state index in [-0.39, 0.29) is 5.97 Å². The van der Waals surface area contributed by atoms with Crippen LogP contribution >= 0.6 is 0 Å². The first kappa shape index (κ1) is 10.1. The van der Waals surface area contributed by atoms with Gasteiger partial charge in [0.1, 0.15) is 0 Å². The van der Waals surface area contributed by atoms with Crippen LogP contribution < -0.4 is 0 Å². The normalized spacial score (nSPS) is 9.71. The van der Waals surface area contributed by atoms with Crippen molar-refractivity contribution in [2.24, 2.45) is 0 Å². The van der Waals surface area contributed by atoms with Gasteiger partial charge in [0.2, 0.25) is 0 Å². The van der Waals surface area contributed by atoms with Crippen LogP contribution in [0.2, 0.25) is 0 Å². The van der Waals surface area contributed by atoms with E-state index in [0.29, 0.717) is 0 Å². The van der Waals surface area contributed by atoms with E-state index in [4.69, 9.17) is 6.42 Å². The molecule has 0 aromatic heterocycles. The molecule has 70 valence electrons. The van der Waals surface area contributed by atoms with E-state index in [9.17, 15) is 4.79 Å². The number of ether oxygens (including phenoxy) is 1. The largest absolute Gasteiger partial charge is 0.466 e. The van der Waals surface area contributed by atoms with E-state index in [1.807, 2.05) is 24.3 Å². The second kappa shape index (κ2) is 4.88. The van der Waals surface area contributed by atoms with Crippen LogP contribution in [-0.4, -0.2) is 13.1 Å². The summed E-state index contributed by atoms with van der Waals surface area (Å²) < 4.78 is 4.46. The average Bonchev–Trinajstić information content (AvgIpc) is 2.26. The van der Waals surface area contributed by atoms with Gasteiger partial charge in [-0.25, -0.2) is 4.79 Å². The van der Waals surface area contributed by atoms with Crippen LogP contribution in [0.15, 0.2) is 30.3 Å². The van der Waals surface area contributed by atoms with Gasteiger partial charge in [0.15, 0.2) is 0 Å². The van der Waals surface area contributed by atoms with Crippen LogP contribution in [0.3, 0.4) is 0 Å². The maximum atomic E-state index is 10.8. The minimum atomic E-state index is -0.369. The molecule has 1 aromatic rings. The summed E-state index contributed by atoms with van der Waals surface area (Å²) in [5.41, 5.74) is 1.73. The Morgan fingerprint density at radius 2 is 2.07 bits per heavy atom. The van der Waals surface area contributed by atoms with Crippen molar-refractivity contribution in [3.8, 4) is 12.3 Å². The zero-order valence-electron chi connectivity index (χ0n) is 7.86. The highest BCUT2D eigenvalue weighted by Crippen LogP contribution is 2.04. The molecule has 0 fully saturated rings. The van der Waals surface area contributed by atoms with Crippen molar-refractivity contribution in [1.29, 1.82) is 0 Å². The summed E-state index contributed by atoms with van der Waals surface area (Å²) in [7, 11) is 1.34. The third-order valence-corrected chi connectivity index (χ3v) is 1.69. The van der Waals surface area contributed by atoms with Crippen LogP contribution in [-0.2, 0) is 9.53 Å². The Morgan fingerprint density at radius 1 is 1.43 bits per heavy atom. The molecule has 1 rings (SSSR count). The molecule has 14 heavy (non-hydrogen) atoms. The lowest BCUT2D eigenvalue weighted by molar-refractivity contribution is -0.134. The lowest BCUT2D eigenvalue weighted by atomic mass is 10.1. The van der Waals surface area contributed by atoms with Gasteiger partial charge in [-0.2, -0.15) is 0 Å². The smallest absolute Gasteiger partial charge is 0.330 e. The van der Waals surface area contributed by atoms with Gasteiger partial charge in [-0.1, -0.05) is 18.1 Å². The first-order valence-corrected chi connectivity index (χ1v) is 4.09. The Balaban J connectivity index is 2.74. The van der Waals surface area contributed by atoms with E-state index >= 15 is 0 Å². The molecule has 0 aliphatic carbocycles. The zero-order chi connectivity index (χ0) is 10.4. The van der Waals surface area contributed by atoms with Gasteiger partial charge in [0.05, 0.1) is 7.11 Å². The van der Waals surface area contributed by atoms with Crippen molar-refractivity contribution in [2.45, 2.75) is 0 Å². The van der Waals surface area contributed by atoms with Crippen LogP contribution in [0.25, 0.3) is 6.08 Å². The number of carbonyl (C=O) groups is 1. The molecule has 0 spiro atoms. The molecule has 2 nitrogen and oxygen atoms in total. The fraction of sp³-hybridized carbons (Fsp3) is 0.0833. The Bertz CT molecular complexity index is 380. The molecule has 1 aromatic carbocycles. The lowest BCUT2D eigenvalue weighted by Gasteiger charge is -1.93.